The predicted octanol–water partition coefficient (Wildman–Crippen LogP) is 4.39. The van der Waals surface area contributed by atoms with Crippen LogP contribution in [0.1, 0.15) is 18.4 Å². The van der Waals surface area contributed by atoms with Gasteiger partial charge in [-0.3, -0.25) is 5.43 Å². The Labute approximate surface area is 130 Å². The molecule has 0 amide bonds. The number of nitrogens with zero attached hydrogens (tertiary/aromatic N) is 2. The van der Waals surface area contributed by atoms with E-state index in [2.05, 4.69) is 39.7 Å². The first kappa shape index (κ1) is 14.0. The van der Waals surface area contributed by atoms with E-state index in [-0.39, 0.29) is 0 Å². The van der Waals surface area contributed by atoms with Gasteiger partial charge in [-0.15, -0.1) is 0 Å². The highest BCUT2D eigenvalue weighted by atomic mass is 35.5. The Balaban J connectivity index is 1.60. The van der Waals surface area contributed by atoms with Crippen LogP contribution in [0.2, 0.25) is 5.02 Å². The van der Waals surface area contributed by atoms with Crippen LogP contribution < -0.4 is 10.3 Å². The van der Waals surface area contributed by atoms with Crippen molar-refractivity contribution in [3.63, 3.8) is 0 Å². The van der Waals surface area contributed by atoms with Crippen molar-refractivity contribution in [2.24, 2.45) is 5.10 Å². The highest BCUT2D eigenvalue weighted by molar-refractivity contribution is 6.30. The lowest BCUT2D eigenvalue weighted by Crippen LogP contribution is -2.17. The first-order valence-corrected chi connectivity index (χ1v) is 7.59. The summed E-state index contributed by atoms with van der Waals surface area (Å²) in [6.45, 7) is 2.34. The lowest BCUT2D eigenvalue weighted by atomic mass is 10.2. The molecule has 0 radical (unpaired) electrons. The highest BCUT2D eigenvalue weighted by Crippen LogP contribution is 2.20. The summed E-state index contributed by atoms with van der Waals surface area (Å²) in [5, 5.41) is 4.93. The van der Waals surface area contributed by atoms with E-state index in [1.807, 2.05) is 30.5 Å². The van der Waals surface area contributed by atoms with Gasteiger partial charge in [-0.2, -0.15) is 5.10 Å². The third-order valence-corrected chi connectivity index (χ3v) is 3.83. The average molecular weight is 300 g/mol. The molecule has 0 aliphatic carbocycles. The molecule has 21 heavy (non-hydrogen) atoms. The summed E-state index contributed by atoms with van der Waals surface area (Å²) in [5.74, 6) is 0. The van der Waals surface area contributed by atoms with E-state index in [0.29, 0.717) is 5.02 Å². The van der Waals surface area contributed by atoms with Crippen molar-refractivity contribution < 1.29 is 0 Å². The number of hydrazone groups is 1. The van der Waals surface area contributed by atoms with E-state index < -0.39 is 0 Å². The van der Waals surface area contributed by atoms with Crippen molar-refractivity contribution in [2.75, 3.05) is 23.4 Å². The quantitative estimate of drug-likeness (QED) is 0.670. The molecule has 2 aromatic carbocycles. The van der Waals surface area contributed by atoms with E-state index in [4.69, 9.17) is 11.6 Å². The Kier molecular flexibility index (Phi) is 4.41. The number of hydrogen-bond acceptors (Lipinski definition) is 3. The standard InChI is InChI=1S/C17H18ClN3/c18-15-4-3-5-16(12-15)20-19-13-14-6-8-17(9-7-14)21-10-1-2-11-21/h3-9,12-13,20H,1-2,10-11H2. The second-order valence-corrected chi connectivity index (χ2v) is 5.60. The van der Waals surface area contributed by atoms with Crippen molar-refractivity contribution in [2.45, 2.75) is 12.8 Å². The molecule has 108 valence electrons. The van der Waals surface area contributed by atoms with Gasteiger partial charge in [0.25, 0.3) is 0 Å². The monoisotopic (exact) mass is 299 g/mol. The fourth-order valence-corrected chi connectivity index (χ4v) is 2.68. The summed E-state index contributed by atoms with van der Waals surface area (Å²) in [7, 11) is 0. The van der Waals surface area contributed by atoms with Crippen LogP contribution in [-0.2, 0) is 0 Å². The van der Waals surface area contributed by atoms with E-state index in [9.17, 15) is 0 Å². The molecule has 0 spiro atoms. The molecule has 4 heteroatoms. The smallest absolute Gasteiger partial charge is 0.0576 e. The molecule has 3 nitrogen and oxygen atoms in total. The molecule has 0 unspecified atom stereocenters. The predicted molar refractivity (Wildman–Crippen MR) is 90.6 cm³/mol. The number of nitrogens with one attached hydrogen (secondary N) is 1. The van der Waals surface area contributed by atoms with Crippen LogP contribution in [0.5, 0.6) is 0 Å². The van der Waals surface area contributed by atoms with Gasteiger partial charge in [-0.05, 0) is 48.7 Å². The maximum Gasteiger partial charge on any atom is 0.0576 e. The summed E-state index contributed by atoms with van der Waals surface area (Å²) >= 11 is 5.92. The zero-order valence-electron chi connectivity index (χ0n) is 11.8. The van der Waals surface area contributed by atoms with Crippen LogP contribution in [-0.4, -0.2) is 19.3 Å². The molecule has 0 saturated carbocycles. The molecule has 3 rings (SSSR count). The minimum absolute atomic E-state index is 0.699. The number of hydrogen-bond donors (Lipinski definition) is 1. The van der Waals surface area contributed by atoms with Gasteiger partial charge in [-0.25, -0.2) is 0 Å². The molecule has 1 heterocycles. The topological polar surface area (TPSA) is 27.6 Å². The van der Waals surface area contributed by atoms with Crippen LogP contribution in [0.3, 0.4) is 0 Å². The Bertz CT molecular complexity index is 616. The molecule has 0 bridgehead atoms. The molecule has 1 saturated heterocycles. The number of rotatable bonds is 4. The van der Waals surface area contributed by atoms with Crippen molar-refractivity contribution in [3.8, 4) is 0 Å². The molecule has 1 fully saturated rings. The van der Waals surface area contributed by atoms with Crippen molar-refractivity contribution in [1.82, 2.24) is 0 Å². The second-order valence-electron chi connectivity index (χ2n) is 5.17. The van der Waals surface area contributed by atoms with Crippen LogP contribution in [0.15, 0.2) is 53.6 Å². The Morgan fingerprint density at radius 2 is 1.81 bits per heavy atom. The summed E-state index contributed by atoms with van der Waals surface area (Å²) in [6, 6.07) is 16.0. The van der Waals surface area contributed by atoms with Gasteiger partial charge in [0, 0.05) is 23.8 Å². The number of benzene rings is 2. The molecule has 0 aromatic heterocycles. The molecule has 1 N–H and O–H groups in total. The van der Waals surface area contributed by atoms with Gasteiger partial charge in [-0.1, -0.05) is 29.8 Å². The van der Waals surface area contributed by atoms with Gasteiger partial charge in [0.05, 0.1) is 11.9 Å². The van der Waals surface area contributed by atoms with E-state index in [1.54, 1.807) is 0 Å². The highest BCUT2D eigenvalue weighted by Gasteiger charge is 2.11. The number of anilines is 2. The Hall–Kier alpha value is -2.00. The first-order valence-electron chi connectivity index (χ1n) is 7.21. The third-order valence-electron chi connectivity index (χ3n) is 3.60. The number of halogens is 1. The fourth-order valence-electron chi connectivity index (χ4n) is 2.49. The van der Waals surface area contributed by atoms with Gasteiger partial charge >= 0.3 is 0 Å². The van der Waals surface area contributed by atoms with E-state index in [1.165, 1.54) is 31.6 Å². The van der Waals surface area contributed by atoms with Crippen molar-refractivity contribution in [3.05, 3.63) is 59.1 Å². The second kappa shape index (κ2) is 6.64. The summed E-state index contributed by atoms with van der Waals surface area (Å²) in [5.41, 5.74) is 6.24. The maximum absolute atomic E-state index is 5.92. The maximum atomic E-state index is 5.92. The molecule has 0 atom stereocenters. The van der Waals surface area contributed by atoms with Gasteiger partial charge in [0.1, 0.15) is 0 Å². The van der Waals surface area contributed by atoms with E-state index in [0.717, 1.165) is 11.3 Å². The van der Waals surface area contributed by atoms with Crippen LogP contribution in [0.25, 0.3) is 0 Å². The zero-order valence-corrected chi connectivity index (χ0v) is 12.6. The summed E-state index contributed by atoms with van der Waals surface area (Å²) in [4.78, 5) is 2.42. The van der Waals surface area contributed by atoms with Gasteiger partial charge < -0.3 is 4.90 Å². The Morgan fingerprint density at radius 1 is 1.05 bits per heavy atom. The lowest BCUT2D eigenvalue weighted by molar-refractivity contribution is 0.949. The normalized spacial score (nSPS) is 14.8. The van der Waals surface area contributed by atoms with Crippen LogP contribution in [0.4, 0.5) is 11.4 Å². The largest absolute Gasteiger partial charge is 0.372 e. The minimum atomic E-state index is 0.699. The molecule has 1 aliphatic rings. The average Bonchev–Trinajstić information content (AvgIpc) is 3.02. The zero-order chi connectivity index (χ0) is 14.5. The van der Waals surface area contributed by atoms with Crippen molar-refractivity contribution in [1.29, 1.82) is 0 Å². The lowest BCUT2D eigenvalue weighted by Gasteiger charge is -2.17. The minimum Gasteiger partial charge on any atom is -0.372 e. The summed E-state index contributed by atoms with van der Waals surface area (Å²) < 4.78 is 0. The van der Waals surface area contributed by atoms with Gasteiger partial charge in [0.2, 0.25) is 0 Å². The molecule has 1 aliphatic heterocycles. The van der Waals surface area contributed by atoms with E-state index >= 15 is 0 Å². The van der Waals surface area contributed by atoms with Crippen molar-refractivity contribution >= 4 is 29.2 Å². The van der Waals surface area contributed by atoms with Gasteiger partial charge in [0.15, 0.2) is 0 Å². The van der Waals surface area contributed by atoms with Crippen LogP contribution >= 0.6 is 11.6 Å². The summed E-state index contributed by atoms with van der Waals surface area (Å²) in [6.07, 6.45) is 4.41. The van der Waals surface area contributed by atoms with Crippen LogP contribution in [0, 0.1) is 0 Å². The molecular formula is C17H18ClN3. The molecule has 2 aromatic rings. The first-order chi connectivity index (χ1) is 10.3. The SMILES string of the molecule is Clc1cccc(NN=Cc2ccc(N3CCCC3)cc2)c1. The molecular weight excluding hydrogens is 282 g/mol. The third kappa shape index (κ3) is 3.76. The fraction of sp³-hybridized carbons (Fsp3) is 0.235. The Morgan fingerprint density at radius 3 is 2.52 bits per heavy atom.